The smallest absolute Gasteiger partial charge is 0.418 e. The van der Waals surface area contributed by atoms with Crippen LogP contribution in [0.25, 0.3) is 0 Å². The maximum absolute atomic E-state index is 11.5. The van der Waals surface area contributed by atoms with Crippen LogP contribution in [-0.2, 0) is 13.7 Å². The predicted molar refractivity (Wildman–Crippen MR) is 156 cm³/mol. The summed E-state index contributed by atoms with van der Waals surface area (Å²) in [5, 5.41) is 0. The predicted octanol–water partition coefficient (Wildman–Crippen LogP) is 10.8. The quantitative estimate of drug-likeness (QED) is 0.0712. The topological polar surface area (TPSA) is 61.8 Å². The molecule has 5 nitrogen and oxygen atoms in total. The third kappa shape index (κ3) is 28.7. The largest absolute Gasteiger partial charge is 0.418 e. The van der Waals surface area contributed by atoms with E-state index >= 15 is 0 Å². The molecule has 2 rings (SSSR count). The molecule has 2 aromatic rings. The Bertz CT molecular complexity index is 783. The Morgan fingerprint density at radius 1 is 0.641 bits per heavy atom. The Morgan fingerprint density at radius 2 is 1.05 bits per heavy atom. The van der Waals surface area contributed by atoms with Crippen molar-refractivity contribution in [1.82, 2.24) is 0 Å². The molecular formula is C30H46Nd2O5P2. The molecule has 0 saturated heterocycles. The first-order valence-electron chi connectivity index (χ1n) is 13.9. The maximum atomic E-state index is 11.5. The molecule has 0 aliphatic heterocycles. The van der Waals surface area contributed by atoms with Gasteiger partial charge in [0, 0.05) is 81.7 Å². The van der Waals surface area contributed by atoms with Crippen molar-refractivity contribution in [3.63, 3.8) is 0 Å². The summed E-state index contributed by atoms with van der Waals surface area (Å²) in [4.78, 5) is 0. The Hall–Kier alpha value is 0.771. The number of para-hydroxylation sites is 2. The van der Waals surface area contributed by atoms with E-state index in [2.05, 4.69) is 19.1 Å². The van der Waals surface area contributed by atoms with Gasteiger partial charge >= 0.3 is 16.9 Å². The monoisotopic (exact) mass is 832 g/mol. The number of rotatable bonds is 21. The van der Waals surface area contributed by atoms with Gasteiger partial charge in [-0.3, -0.25) is 4.52 Å². The Morgan fingerprint density at radius 3 is 1.49 bits per heavy atom. The average molecular weight is 837 g/mol. The first kappa shape index (κ1) is 41.9. The first-order chi connectivity index (χ1) is 18.3. The van der Waals surface area contributed by atoms with Gasteiger partial charge in [0.05, 0.1) is 6.61 Å². The Labute approximate surface area is 305 Å². The van der Waals surface area contributed by atoms with E-state index in [-0.39, 0.29) is 90.4 Å². The zero-order valence-corrected chi connectivity index (χ0v) is 31.8. The van der Waals surface area contributed by atoms with E-state index in [1.807, 2.05) is 36.4 Å². The van der Waals surface area contributed by atoms with E-state index in [4.69, 9.17) is 13.6 Å². The van der Waals surface area contributed by atoms with Crippen molar-refractivity contribution in [3.05, 3.63) is 72.8 Å². The van der Waals surface area contributed by atoms with Gasteiger partial charge in [-0.05, 0) is 56.4 Å². The minimum atomic E-state index is -2.54. The van der Waals surface area contributed by atoms with E-state index in [9.17, 15) is 9.13 Å². The van der Waals surface area contributed by atoms with Gasteiger partial charge in [-0.15, -0.1) is 0 Å². The zero-order valence-electron chi connectivity index (χ0n) is 23.5. The molecule has 0 radical (unpaired) electrons. The average Bonchev–Trinajstić information content (AvgIpc) is 2.92. The SMILES string of the molecule is CCCCCCCC/C=C\CCCCCCCCOP=O.O=[PH](Oc1ccccc1)Oc1ccccc1.[Nd].[Nd]. The molecule has 0 spiro atoms. The van der Waals surface area contributed by atoms with E-state index in [1.165, 1.54) is 83.5 Å². The summed E-state index contributed by atoms with van der Waals surface area (Å²) in [6, 6.07) is 17.9. The van der Waals surface area contributed by atoms with Gasteiger partial charge in [0.2, 0.25) is 0 Å². The molecule has 0 aliphatic rings. The van der Waals surface area contributed by atoms with Gasteiger partial charge in [0.1, 0.15) is 11.5 Å². The summed E-state index contributed by atoms with van der Waals surface area (Å²) >= 11 is 0. The summed E-state index contributed by atoms with van der Waals surface area (Å²) in [5.74, 6) is 1.09. The number of benzene rings is 2. The van der Waals surface area contributed by atoms with Gasteiger partial charge in [0.25, 0.3) is 0 Å². The molecule has 9 heteroatoms. The van der Waals surface area contributed by atoms with Crippen LogP contribution in [0.3, 0.4) is 0 Å². The maximum Gasteiger partial charge on any atom is 0.418 e. The van der Waals surface area contributed by atoms with E-state index in [1.54, 1.807) is 24.3 Å². The minimum Gasteiger partial charge on any atom is -0.418 e. The van der Waals surface area contributed by atoms with Gasteiger partial charge in [0.15, 0.2) is 0 Å². The first-order valence-corrected chi connectivity index (χ1v) is 15.8. The van der Waals surface area contributed by atoms with Crippen LogP contribution in [-0.4, -0.2) is 6.61 Å². The molecule has 0 unspecified atom stereocenters. The van der Waals surface area contributed by atoms with Crippen LogP contribution in [0.5, 0.6) is 11.5 Å². The number of allylic oxidation sites excluding steroid dienone is 2. The van der Waals surface area contributed by atoms with Crippen LogP contribution < -0.4 is 9.05 Å². The van der Waals surface area contributed by atoms with E-state index in [0.717, 1.165) is 6.42 Å². The molecule has 0 amide bonds. The summed E-state index contributed by atoms with van der Waals surface area (Å²) in [7, 11) is -2.72. The fourth-order valence-electron chi connectivity index (χ4n) is 3.64. The van der Waals surface area contributed by atoms with Crippen molar-refractivity contribution in [2.24, 2.45) is 0 Å². The van der Waals surface area contributed by atoms with Gasteiger partial charge in [-0.1, -0.05) is 113 Å². The Kier molecular flexibility index (Phi) is 35.8. The number of hydrogen-bond acceptors (Lipinski definition) is 5. The zero-order chi connectivity index (χ0) is 26.7. The second-order valence-corrected chi connectivity index (χ2v) is 10.2. The van der Waals surface area contributed by atoms with Crippen molar-refractivity contribution in [2.75, 3.05) is 6.61 Å². The van der Waals surface area contributed by atoms with Gasteiger partial charge in [-0.25, -0.2) is 9.13 Å². The second-order valence-electron chi connectivity index (χ2n) is 8.93. The molecule has 39 heavy (non-hydrogen) atoms. The van der Waals surface area contributed by atoms with Crippen LogP contribution in [0.2, 0.25) is 0 Å². The Balaban J connectivity index is 0. The molecule has 0 saturated carbocycles. The molecule has 0 aliphatic carbocycles. The molecule has 0 aromatic heterocycles. The molecule has 2 aromatic carbocycles. The van der Waals surface area contributed by atoms with E-state index < -0.39 is 8.25 Å². The second kappa shape index (κ2) is 33.3. The van der Waals surface area contributed by atoms with Crippen LogP contribution in [0, 0.1) is 81.7 Å². The standard InChI is InChI=1S/C18H35O2P.C12H11O3P.2Nd/c1-2-3-4-5-6-7-8-9-10-11-12-13-14-15-16-17-18-20-21-19;13-16(14-11-7-3-1-4-8-11)15-12-9-5-2-6-10-12;;/h9-10H,2-8,11-18H2,1H3;1-10,16H;;/b10-9-;;;. The summed E-state index contributed by atoms with van der Waals surface area (Å²) in [6.07, 6.45) is 23.1. The van der Waals surface area contributed by atoms with Gasteiger partial charge in [-0.2, -0.15) is 0 Å². The fourth-order valence-corrected chi connectivity index (χ4v) is 4.54. The molecule has 0 bridgehead atoms. The van der Waals surface area contributed by atoms with Crippen molar-refractivity contribution in [3.8, 4) is 11.5 Å². The third-order valence-electron chi connectivity index (χ3n) is 5.69. The molecule has 0 N–H and O–H groups in total. The third-order valence-corrected chi connectivity index (χ3v) is 6.78. The van der Waals surface area contributed by atoms with E-state index in [0.29, 0.717) is 18.1 Å². The summed E-state index contributed by atoms with van der Waals surface area (Å²) in [5.41, 5.74) is 0. The summed E-state index contributed by atoms with van der Waals surface area (Å²) < 4.78 is 36.6. The molecule has 0 fully saturated rings. The van der Waals surface area contributed by atoms with Crippen LogP contribution in [0.4, 0.5) is 0 Å². The molecule has 0 heterocycles. The van der Waals surface area contributed by atoms with Crippen molar-refractivity contribution in [1.29, 1.82) is 0 Å². The molecule has 214 valence electrons. The fraction of sp³-hybridized carbons (Fsp3) is 0.533. The number of hydrogen-bond donors (Lipinski definition) is 0. The van der Waals surface area contributed by atoms with Crippen molar-refractivity contribution in [2.45, 2.75) is 96.8 Å². The van der Waals surface area contributed by atoms with Gasteiger partial charge < -0.3 is 9.05 Å². The molecule has 0 atom stereocenters. The van der Waals surface area contributed by atoms with Crippen LogP contribution in [0.1, 0.15) is 96.8 Å². The normalized spacial score (nSPS) is 10.4. The number of unbranched alkanes of at least 4 members (excludes halogenated alkanes) is 12. The van der Waals surface area contributed by atoms with Crippen LogP contribution in [0.15, 0.2) is 72.8 Å². The van der Waals surface area contributed by atoms with Crippen LogP contribution >= 0.6 is 16.9 Å². The summed E-state index contributed by atoms with van der Waals surface area (Å²) in [6.45, 7) is 2.90. The minimum absolute atomic E-state index is 0. The van der Waals surface area contributed by atoms with Crippen molar-refractivity contribution >= 4 is 16.9 Å². The molecular weight excluding hydrogens is 791 g/mol. The van der Waals surface area contributed by atoms with Crippen molar-refractivity contribution < 1.29 is 104 Å².